The van der Waals surface area contributed by atoms with E-state index in [0.29, 0.717) is 11.8 Å². The number of halogens is 1. The molecule has 1 aliphatic rings. The number of nitrogens with one attached hydrogen (secondary N) is 1. The van der Waals surface area contributed by atoms with Gasteiger partial charge >= 0.3 is 0 Å². The van der Waals surface area contributed by atoms with Crippen molar-refractivity contribution in [2.45, 2.75) is 26.3 Å². The maximum absolute atomic E-state index is 6.03. The van der Waals surface area contributed by atoms with Crippen molar-refractivity contribution < 1.29 is 0 Å². The minimum absolute atomic E-state index is 0.609. The van der Waals surface area contributed by atoms with Crippen molar-refractivity contribution in [3.63, 3.8) is 0 Å². The lowest BCUT2D eigenvalue weighted by Gasteiger charge is -2.29. The summed E-state index contributed by atoms with van der Waals surface area (Å²) in [5.74, 6) is 1.28. The van der Waals surface area contributed by atoms with Crippen LogP contribution in [0.2, 0.25) is 5.02 Å². The lowest BCUT2D eigenvalue weighted by molar-refractivity contribution is 0.436. The molecule has 0 amide bonds. The molecule has 1 heterocycles. The third-order valence-corrected chi connectivity index (χ3v) is 3.23. The Morgan fingerprint density at radius 3 is 2.93 bits per heavy atom. The molecule has 1 aromatic carbocycles. The molecule has 0 fully saturated rings. The molecular formula is C12H16ClN. The number of benzene rings is 1. The van der Waals surface area contributed by atoms with E-state index in [1.165, 1.54) is 11.1 Å². The van der Waals surface area contributed by atoms with Crippen LogP contribution in [-0.2, 0) is 6.54 Å². The van der Waals surface area contributed by atoms with Crippen LogP contribution in [0.15, 0.2) is 18.2 Å². The Labute approximate surface area is 90.5 Å². The second-order valence-corrected chi connectivity index (χ2v) is 4.76. The Balaban J connectivity index is 2.41. The van der Waals surface area contributed by atoms with Crippen LogP contribution in [0.1, 0.15) is 30.9 Å². The second kappa shape index (κ2) is 3.92. The van der Waals surface area contributed by atoms with Crippen LogP contribution in [0.4, 0.5) is 0 Å². The van der Waals surface area contributed by atoms with E-state index in [-0.39, 0.29) is 0 Å². The summed E-state index contributed by atoms with van der Waals surface area (Å²) in [6.45, 7) is 6.59. The van der Waals surface area contributed by atoms with Gasteiger partial charge in [0.15, 0.2) is 0 Å². The molecule has 2 heteroatoms. The predicted molar refractivity (Wildman–Crippen MR) is 60.7 cm³/mol. The Bertz CT molecular complexity index is 333. The van der Waals surface area contributed by atoms with Gasteiger partial charge in [-0.1, -0.05) is 31.5 Å². The first-order valence-electron chi connectivity index (χ1n) is 5.17. The van der Waals surface area contributed by atoms with E-state index in [4.69, 9.17) is 11.6 Å². The zero-order valence-corrected chi connectivity index (χ0v) is 9.43. The molecule has 14 heavy (non-hydrogen) atoms. The van der Waals surface area contributed by atoms with Crippen molar-refractivity contribution in [1.82, 2.24) is 5.32 Å². The average molecular weight is 210 g/mol. The molecular weight excluding hydrogens is 194 g/mol. The zero-order chi connectivity index (χ0) is 10.1. The predicted octanol–water partition coefficient (Wildman–Crippen LogP) is 3.18. The van der Waals surface area contributed by atoms with Gasteiger partial charge in [-0.3, -0.25) is 0 Å². The van der Waals surface area contributed by atoms with Gasteiger partial charge in [-0.25, -0.2) is 0 Å². The van der Waals surface area contributed by atoms with Gasteiger partial charge in [-0.15, -0.1) is 0 Å². The highest BCUT2D eigenvalue weighted by Crippen LogP contribution is 2.31. The summed E-state index contributed by atoms with van der Waals surface area (Å²) >= 11 is 6.03. The van der Waals surface area contributed by atoms with Crippen LogP contribution >= 0.6 is 11.6 Å². The maximum Gasteiger partial charge on any atom is 0.0409 e. The zero-order valence-electron chi connectivity index (χ0n) is 8.68. The van der Waals surface area contributed by atoms with Gasteiger partial charge in [0.25, 0.3) is 0 Å². The molecule has 1 N–H and O–H groups in total. The van der Waals surface area contributed by atoms with E-state index in [1.807, 2.05) is 6.07 Å². The summed E-state index contributed by atoms with van der Waals surface area (Å²) in [5.41, 5.74) is 2.84. The molecule has 0 aliphatic carbocycles. The lowest BCUT2D eigenvalue weighted by atomic mass is 9.83. The van der Waals surface area contributed by atoms with Crippen LogP contribution in [0, 0.1) is 5.92 Å². The molecule has 2 rings (SSSR count). The molecule has 1 nitrogen and oxygen atoms in total. The summed E-state index contributed by atoms with van der Waals surface area (Å²) in [5, 5.41) is 4.31. The standard InChI is InChI=1S/C12H16ClN/c1-8(2)12-7-14-6-9-3-4-10(13)5-11(9)12/h3-5,8,12,14H,6-7H2,1-2H3. The third-order valence-electron chi connectivity index (χ3n) is 2.99. The smallest absolute Gasteiger partial charge is 0.0409 e. The number of hydrogen-bond acceptors (Lipinski definition) is 1. The van der Waals surface area contributed by atoms with Crippen molar-refractivity contribution in [3.05, 3.63) is 34.3 Å². The fourth-order valence-electron chi connectivity index (χ4n) is 2.14. The quantitative estimate of drug-likeness (QED) is 0.749. The Morgan fingerprint density at radius 2 is 2.21 bits per heavy atom. The van der Waals surface area contributed by atoms with Gasteiger partial charge < -0.3 is 5.32 Å². The fraction of sp³-hybridized carbons (Fsp3) is 0.500. The maximum atomic E-state index is 6.03. The third kappa shape index (κ3) is 1.79. The second-order valence-electron chi connectivity index (χ2n) is 4.32. The Hall–Kier alpha value is -0.530. The molecule has 1 aliphatic heterocycles. The molecule has 0 saturated heterocycles. The molecule has 1 aromatic rings. The van der Waals surface area contributed by atoms with Crippen molar-refractivity contribution in [2.75, 3.05) is 6.54 Å². The summed E-state index contributed by atoms with van der Waals surface area (Å²) in [7, 11) is 0. The van der Waals surface area contributed by atoms with Gasteiger partial charge in [-0.2, -0.15) is 0 Å². The summed E-state index contributed by atoms with van der Waals surface area (Å²) < 4.78 is 0. The van der Waals surface area contributed by atoms with Gasteiger partial charge in [0.2, 0.25) is 0 Å². The fourth-order valence-corrected chi connectivity index (χ4v) is 2.32. The highest BCUT2D eigenvalue weighted by atomic mass is 35.5. The number of rotatable bonds is 1. The van der Waals surface area contributed by atoms with Crippen LogP contribution in [0.5, 0.6) is 0 Å². The van der Waals surface area contributed by atoms with Crippen molar-refractivity contribution in [1.29, 1.82) is 0 Å². The number of fused-ring (bicyclic) bond motifs is 1. The highest BCUT2D eigenvalue weighted by molar-refractivity contribution is 6.30. The topological polar surface area (TPSA) is 12.0 Å². The van der Waals surface area contributed by atoms with E-state index in [1.54, 1.807) is 0 Å². The Kier molecular flexibility index (Phi) is 2.80. The first kappa shape index (κ1) is 10.0. The van der Waals surface area contributed by atoms with Crippen molar-refractivity contribution >= 4 is 11.6 Å². The minimum atomic E-state index is 0.609. The van der Waals surface area contributed by atoms with Crippen LogP contribution < -0.4 is 5.32 Å². The molecule has 1 atom stereocenters. The first-order chi connectivity index (χ1) is 6.68. The van der Waals surface area contributed by atoms with Crippen LogP contribution in [-0.4, -0.2) is 6.54 Å². The van der Waals surface area contributed by atoms with E-state index < -0.39 is 0 Å². The first-order valence-corrected chi connectivity index (χ1v) is 5.55. The van der Waals surface area contributed by atoms with Crippen molar-refractivity contribution in [3.8, 4) is 0 Å². The van der Waals surface area contributed by atoms with Crippen LogP contribution in [0.25, 0.3) is 0 Å². The molecule has 0 bridgehead atoms. The minimum Gasteiger partial charge on any atom is -0.312 e. The normalized spacial score (nSPS) is 21.0. The van der Waals surface area contributed by atoms with E-state index in [9.17, 15) is 0 Å². The lowest BCUT2D eigenvalue weighted by Crippen LogP contribution is -2.30. The van der Waals surface area contributed by atoms with E-state index in [0.717, 1.165) is 18.1 Å². The molecule has 0 radical (unpaired) electrons. The highest BCUT2D eigenvalue weighted by Gasteiger charge is 2.22. The number of hydrogen-bond donors (Lipinski definition) is 1. The summed E-state index contributed by atoms with van der Waals surface area (Å²) in [6, 6.07) is 6.24. The molecule has 0 spiro atoms. The van der Waals surface area contributed by atoms with E-state index >= 15 is 0 Å². The van der Waals surface area contributed by atoms with Gasteiger partial charge in [0.05, 0.1) is 0 Å². The van der Waals surface area contributed by atoms with Gasteiger partial charge in [0, 0.05) is 18.1 Å². The molecule has 76 valence electrons. The molecule has 1 unspecified atom stereocenters. The average Bonchev–Trinajstić information content (AvgIpc) is 2.16. The largest absolute Gasteiger partial charge is 0.312 e. The molecule has 0 saturated carbocycles. The monoisotopic (exact) mass is 209 g/mol. The summed E-state index contributed by atoms with van der Waals surface area (Å²) in [6.07, 6.45) is 0. The summed E-state index contributed by atoms with van der Waals surface area (Å²) in [4.78, 5) is 0. The SMILES string of the molecule is CC(C)C1CNCc2ccc(Cl)cc21. The Morgan fingerprint density at radius 1 is 1.43 bits per heavy atom. The molecule has 0 aromatic heterocycles. The van der Waals surface area contributed by atoms with Gasteiger partial charge in [-0.05, 0) is 35.1 Å². The van der Waals surface area contributed by atoms with Gasteiger partial charge in [0.1, 0.15) is 0 Å². The van der Waals surface area contributed by atoms with Crippen molar-refractivity contribution in [2.24, 2.45) is 5.92 Å². The van der Waals surface area contributed by atoms with E-state index in [2.05, 4.69) is 31.3 Å². The van der Waals surface area contributed by atoms with Crippen LogP contribution in [0.3, 0.4) is 0 Å².